The summed E-state index contributed by atoms with van der Waals surface area (Å²) in [6, 6.07) is 16.7. The Labute approximate surface area is 163 Å². The van der Waals surface area contributed by atoms with Crippen LogP contribution in [0.1, 0.15) is 36.6 Å². The molecule has 2 atom stereocenters. The highest BCUT2D eigenvalue weighted by Gasteiger charge is 2.26. The number of carbonyl (C=O) groups excluding carboxylic acids is 1. The normalized spacial score (nSPS) is 17.4. The van der Waals surface area contributed by atoms with Gasteiger partial charge >= 0.3 is 0 Å². The van der Waals surface area contributed by atoms with Gasteiger partial charge < -0.3 is 10.2 Å². The molecular formula is C23H31N3O. The molecule has 2 aromatic carbocycles. The molecule has 2 aromatic rings. The molecule has 27 heavy (non-hydrogen) atoms. The highest BCUT2D eigenvalue weighted by Crippen LogP contribution is 2.21. The van der Waals surface area contributed by atoms with Crippen LogP contribution in [0.2, 0.25) is 0 Å². The number of amides is 1. The van der Waals surface area contributed by atoms with Crippen molar-refractivity contribution in [3.8, 4) is 0 Å². The van der Waals surface area contributed by atoms with E-state index >= 15 is 0 Å². The minimum Gasteiger partial charge on any atom is -0.369 e. The lowest BCUT2D eigenvalue weighted by molar-refractivity contribution is -0.126. The molecule has 1 N–H and O–H groups in total. The number of anilines is 1. The minimum absolute atomic E-state index is 0.0259. The summed E-state index contributed by atoms with van der Waals surface area (Å²) in [6.07, 6.45) is 0. The van der Waals surface area contributed by atoms with Gasteiger partial charge in [0.15, 0.2) is 0 Å². The van der Waals surface area contributed by atoms with Crippen molar-refractivity contribution in [3.63, 3.8) is 0 Å². The highest BCUT2D eigenvalue weighted by atomic mass is 16.2. The summed E-state index contributed by atoms with van der Waals surface area (Å²) in [4.78, 5) is 17.4. The molecule has 0 bridgehead atoms. The van der Waals surface area contributed by atoms with E-state index in [9.17, 15) is 4.79 Å². The first-order chi connectivity index (χ1) is 13.0. The Morgan fingerprint density at radius 3 is 2.22 bits per heavy atom. The van der Waals surface area contributed by atoms with Crippen molar-refractivity contribution in [1.29, 1.82) is 0 Å². The average molecular weight is 366 g/mol. The molecule has 1 amide bonds. The molecule has 4 heteroatoms. The molecule has 0 saturated carbocycles. The van der Waals surface area contributed by atoms with E-state index in [1.54, 1.807) is 0 Å². The molecule has 4 nitrogen and oxygen atoms in total. The average Bonchev–Trinajstić information content (AvgIpc) is 2.70. The van der Waals surface area contributed by atoms with E-state index in [-0.39, 0.29) is 18.0 Å². The van der Waals surface area contributed by atoms with Gasteiger partial charge in [-0.05, 0) is 56.5 Å². The Morgan fingerprint density at radius 1 is 0.926 bits per heavy atom. The molecule has 0 aromatic heterocycles. The van der Waals surface area contributed by atoms with Gasteiger partial charge in [0.1, 0.15) is 0 Å². The van der Waals surface area contributed by atoms with Gasteiger partial charge in [-0.1, -0.05) is 36.4 Å². The maximum Gasteiger partial charge on any atom is 0.237 e. The number of hydrogen-bond acceptors (Lipinski definition) is 3. The molecule has 1 saturated heterocycles. The molecule has 0 radical (unpaired) electrons. The Bertz CT molecular complexity index is 766. The summed E-state index contributed by atoms with van der Waals surface area (Å²) in [5, 5.41) is 3.16. The van der Waals surface area contributed by atoms with Gasteiger partial charge in [0, 0.05) is 31.9 Å². The van der Waals surface area contributed by atoms with Gasteiger partial charge in [-0.15, -0.1) is 0 Å². The Hall–Kier alpha value is -2.33. The first kappa shape index (κ1) is 19.4. The Morgan fingerprint density at radius 2 is 1.59 bits per heavy atom. The summed E-state index contributed by atoms with van der Waals surface area (Å²) >= 11 is 0. The third-order valence-electron chi connectivity index (χ3n) is 5.76. The summed E-state index contributed by atoms with van der Waals surface area (Å²) < 4.78 is 0. The number of piperazine rings is 1. The molecule has 144 valence electrons. The zero-order valence-electron chi connectivity index (χ0n) is 16.9. The summed E-state index contributed by atoms with van der Waals surface area (Å²) in [5.74, 6) is 0.103. The van der Waals surface area contributed by atoms with E-state index < -0.39 is 0 Å². The second kappa shape index (κ2) is 8.57. The zero-order chi connectivity index (χ0) is 19.4. The van der Waals surface area contributed by atoms with Gasteiger partial charge in [-0.2, -0.15) is 0 Å². The predicted octanol–water partition coefficient (Wildman–Crippen LogP) is 3.69. The molecule has 1 heterocycles. The molecule has 2 unspecified atom stereocenters. The number of hydrogen-bond donors (Lipinski definition) is 1. The van der Waals surface area contributed by atoms with Crippen molar-refractivity contribution < 1.29 is 4.79 Å². The van der Waals surface area contributed by atoms with Crippen LogP contribution in [0.5, 0.6) is 0 Å². The fourth-order valence-electron chi connectivity index (χ4n) is 3.61. The van der Waals surface area contributed by atoms with Crippen LogP contribution >= 0.6 is 0 Å². The van der Waals surface area contributed by atoms with E-state index in [1.807, 2.05) is 32.0 Å². The van der Waals surface area contributed by atoms with Crippen LogP contribution in [0.15, 0.2) is 48.5 Å². The topological polar surface area (TPSA) is 35.6 Å². The van der Waals surface area contributed by atoms with E-state index in [0.717, 1.165) is 31.7 Å². The summed E-state index contributed by atoms with van der Waals surface area (Å²) in [6.45, 7) is 12.1. The zero-order valence-corrected chi connectivity index (χ0v) is 16.9. The van der Waals surface area contributed by atoms with E-state index in [1.165, 1.54) is 16.8 Å². The smallest absolute Gasteiger partial charge is 0.237 e. The SMILES string of the molecule is Cc1ccc(N2CCN(C(C)C(=O)NC(C)c3ccccc3)CC2)cc1C. The summed E-state index contributed by atoms with van der Waals surface area (Å²) in [7, 11) is 0. The number of nitrogens with zero attached hydrogens (tertiary/aromatic N) is 2. The molecule has 0 spiro atoms. The van der Waals surface area contributed by atoms with Crippen LogP contribution in [0, 0.1) is 13.8 Å². The molecule has 1 fully saturated rings. The second-order valence-electron chi connectivity index (χ2n) is 7.61. The van der Waals surface area contributed by atoms with Crippen LogP contribution in [0.4, 0.5) is 5.69 Å². The maximum atomic E-state index is 12.7. The van der Waals surface area contributed by atoms with Crippen LogP contribution < -0.4 is 10.2 Å². The quantitative estimate of drug-likeness (QED) is 0.878. The van der Waals surface area contributed by atoms with Crippen LogP contribution in [0.3, 0.4) is 0 Å². The molecule has 1 aliphatic rings. The number of benzene rings is 2. The monoisotopic (exact) mass is 365 g/mol. The van der Waals surface area contributed by atoms with Crippen molar-refractivity contribution in [2.75, 3.05) is 31.1 Å². The third kappa shape index (κ3) is 4.69. The van der Waals surface area contributed by atoms with Gasteiger partial charge in [-0.3, -0.25) is 9.69 Å². The molecule has 0 aliphatic carbocycles. The first-order valence-electron chi connectivity index (χ1n) is 9.87. The van der Waals surface area contributed by atoms with Gasteiger partial charge in [-0.25, -0.2) is 0 Å². The molecule has 1 aliphatic heterocycles. The van der Waals surface area contributed by atoms with Gasteiger partial charge in [0.05, 0.1) is 12.1 Å². The molecular weight excluding hydrogens is 334 g/mol. The van der Waals surface area contributed by atoms with Crippen molar-refractivity contribution >= 4 is 11.6 Å². The van der Waals surface area contributed by atoms with Crippen molar-refractivity contribution in [3.05, 3.63) is 65.2 Å². The molecule has 3 rings (SSSR count). The Kier molecular flexibility index (Phi) is 6.17. The van der Waals surface area contributed by atoms with Crippen LogP contribution in [-0.2, 0) is 4.79 Å². The predicted molar refractivity (Wildman–Crippen MR) is 112 cm³/mol. The van der Waals surface area contributed by atoms with E-state index in [2.05, 4.69) is 59.3 Å². The number of nitrogens with one attached hydrogen (secondary N) is 1. The first-order valence-corrected chi connectivity index (χ1v) is 9.87. The number of carbonyl (C=O) groups is 1. The van der Waals surface area contributed by atoms with Crippen molar-refractivity contribution in [2.24, 2.45) is 0 Å². The minimum atomic E-state index is -0.113. The highest BCUT2D eigenvalue weighted by molar-refractivity contribution is 5.81. The maximum absolute atomic E-state index is 12.7. The van der Waals surface area contributed by atoms with Crippen LogP contribution in [0.25, 0.3) is 0 Å². The van der Waals surface area contributed by atoms with E-state index in [4.69, 9.17) is 0 Å². The summed E-state index contributed by atoms with van der Waals surface area (Å²) in [5.41, 5.74) is 5.08. The lowest BCUT2D eigenvalue weighted by atomic mass is 10.1. The standard InChI is InChI=1S/C23H31N3O/c1-17-10-11-22(16-18(17)2)26-14-12-25(13-15-26)20(4)23(27)24-19(3)21-8-6-5-7-9-21/h5-11,16,19-20H,12-15H2,1-4H3,(H,24,27). The number of rotatable bonds is 5. The van der Waals surface area contributed by atoms with E-state index in [0.29, 0.717) is 0 Å². The Balaban J connectivity index is 1.53. The number of aryl methyl sites for hydroxylation is 2. The second-order valence-corrected chi connectivity index (χ2v) is 7.61. The fraction of sp³-hybridized carbons (Fsp3) is 0.435. The van der Waals surface area contributed by atoms with Gasteiger partial charge in [0.25, 0.3) is 0 Å². The van der Waals surface area contributed by atoms with Gasteiger partial charge in [0.2, 0.25) is 5.91 Å². The van der Waals surface area contributed by atoms with Crippen molar-refractivity contribution in [2.45, 2.75) is 39.8 Å². The third-order valence-corrected chi connectivity index (χ3v) is 5.76. The lowest BCUT2D eigenvalue weighted by Gasteiger charge is -2.39. The van der Waals surface area contributed by atoms with Crippen molar-refractivity contribution in [1.82, 2.24) is 10.2 Å². The van der Waals surface area contributed by atoms with Crippen LogP contribution in [-0.4, -0.2) is 43.0 Å². The largest absolute Gasteiger partial charge is 0.369 e. The lowest BCUT2D eigenvalue weighted by Crippen LogP contribution is -2.54. The fourth-order valence-corrected chi connectivity index (χ4v) is 3.61.